The minimum absolute atomic E-state index is 0.300. The summed E-state index contributed by atoms with van der Waals surface area (Å²) in [5, 5.41) is 0. The van der Waals surface area contributed by atoms with Crippen LogP contribution in [0.4, 0.5) is 4.39 Å². The monoisotopic (exact) mass is 283 g/mol. The van der Waals surface area contributed by atoms with Crippen molar-refractivity contribution < 1.29 is 9.13 Å². The van der Waals surface area contributed by atoms with Crippen LogP contribution in [0.15, 0.2) is 29.3 Å². The molecule has 1 aromatic rings. The Balaban J connectivity index is 1.73. The van der Waals surface area contributed by atoms with Gasteiger partial charge in [0.1, 0.15) is 18.2 Å². The van der Waals surface area contributed by atoms with E-state index in [4.69, 9.17) is 10.5 Å². The van der Waals surface area contributed by atoms with Gasteiger partial charge in [-0.15, -0.1) is 0 Å². The van der Waals surface area contributed by atoms with Gasteiger partial charge in [-0.3, -0.25) is 0 Å². The number of ether oxygens (including phenoxy) is 1. The van der Waals surface area contributed by atoms with Crippen molar-refractivity contribution in [2.75, 3.05) is 37.7 Å². The highest BCUT2D eigenvalue weighted by Crippen LogP contribution is 2.11. The van der Waals surface area contributed by atoms with E-state index >= 15 is 0 Å². The Morgan fingerprint density at radius 2 is 2.21 bits per heavy atom. The molecule has 2 N–H and O–H groups in total. The molecule has 0 saturated carbocycles. The van der Waals surface area contributed by atoms with Crippen molar-refractivity contribution in [3.05, 3.63) is 30.1 Å². The fraction of sp³-hybridized carbons (Fsp3) is 0.462. The van der Waals surface area contributed by atoms with Gasteiger partial charge in [0.05, 0.1) is 6.54 Å². The minimum atomic E-state index is -0.300. The Hall–Kier alpha value is -1.43. The van der Waals surface area contributed by atoms with Crippen LogP contribution in [0.5, 0.6) is 5.75 Å². The van der Waals surface area contributed by atoms with Crippen LogP contribution in [0.3, 0.4) is 0 Å². The maximum absolute atomic E-state index is 12.9. The molecule has 1 aliphatic heterocycles. The number of nitrogens with zero attached hydrogens (tertiary/aromatic N) is 2. The molecular formula is C13H18FN3OS. The first-order chi connectivity index (χ1) is 9.25. The summed E-state index contributed by atoms with van der Waals surface area (Å²) in [6.45, 7) is 2.77. The van der Waals surface area contributed by atoms with Gasteiger partial charge in [-0.1, -0.05) is 6.07 Å². The molecule has 0 aromatic heterocycles. The van der Waals surface area contributed by atoms with E-state index < -0.39 is 0 Å². The van der Waals surface area contributed by atoms with Gasteiger partial charge in [0.2, 0.25) is 0 Å². The van der Waals surface area contributed by atoms with Crippen LogP contribution >= 0.6 is 11.8 Å². The van der Waals surface area contributed by atoms with Crippen LogP contribution < -0.4 is 10.5 Å². The van der Waals surface area contributed by atoms with E-state index in [1.807, 2.05) is 11.8 Å². The van der Waals surface area contributed by atoms with Crippen molar-refractivity contribution >= 4 is 17.7 Å². The molecule has 1 aliphatic rings. The second-order valence-corrected chi connectivity index (χ2v) is 5.37. The summed E-state index contributed by atoms with van der Waals surface area (Å²) in [5.41, 5.74) is 5.90. The summed E-state index contributed by atoms with van der Waals surface area (Å²) in [5.74, 6) is 2.98. The van der Waals surface area contributed by atoms with Crippen molar-refractivity contribution in [3.8, 4) is 5.75 Å². The second kappa shape index (κ2) is 7.23. The zero-order chi connectivity index (χ0) is 13.5. The van der Waals surface area contributed by atoms with E-state index in [0.717, 1.165) is 24.6 Å². The summed E-state index contributed by atoms with van der Waals surface area (Å²) in [6.07, 6.45) is 0. The molecule has 4 nitrogen and oxygen atoms in total. The molecule has 1 saturated heterocycles. The molecule has 0 amide bonds. The van der Waals surface area contributed by atoms with E-state index in [1.165, 1.54) is 12.1 Å². The molecule has 19 heavy (non-hydrogen) atoms. The van der Waals surface area contributed by atoms with E-state index in [9.17, 15) is 4.39 Å². The number of aliphatic imine (C=N–C) groups is 1. The average molecular weight is 283 g/mol. The lowest BCUT2D eigenvalue weighted by atomic mass is 10.3. The third-order valence-corrected chi connectivity index (χ3v) is 3.71. The fourth-order valence-electron chi connectivity index (χ4n) is 1.77. The van der Waals surface area contributed by atoms with Crippen molar-refractivity contribution in [2.45, 2.75) is 0 Å². The molecule has 0 radical (unpaired) electrons. The van der Waals surface area contributed by atoms with Gasteiger partial charge in [0, 0.05) is 30.7 Å². The summed E-state index contributed by atoms with van der Waals surface area (Å²) in [4.78, 5) is 6.36. The molecule has 104 valence electrons. The Morgan fingerprint density at radius 3 is 2.95 bits per heavy atom. The second-order valence-electron chi connectivity index (χ2n) is 4.15. The molecule has 0 unspecified atom stereocenters. The number of halogens is 1. The summed E-state index contributed by atoms with van der Waals surface area (Å²) in [7, 11) is 0. The first-order valence-electron chi connectivity index (χ1n) is 6.27. The molecule has 0 atom stereocenters. The standard InChI is InChI=1S/C13H18FN3OS/c14-11-2-1-3-12(10-11)18-7-4-16-13(15)17-5-8-19-9-6-17/h1-3,10H,4-9H2,(H2,15,16). The van der Waals surface area contributed by atoms with E-state index in [2.05, 4.69) is 9.89 Å². The summed E-state index contributed by atoms with van der Waals surface area (Å²) >= 11 is 1.93. The van der Waals surface area contributed by atoms with E-state index in [-0.39, 0.29) is 5.82 Å². The first-order valence-corrected chi connectivity index (χ1v) is 7.42. The average Bonchev–Trinajstić information content (AvgIpc) is 2.44. The Labute approximate surface area is 116 Å². The Kier molecular flexibility index (Phi) is 5.32. The molecule has 6 heteroatoms. The number of rotatable bonds is 4. The van der Waals surface area contributed by atoms with Crippen LogP contribution in [0, 0.1) is 5.82 Å². The van der Waals surface area contributed by atoms with Crippen LogP contribution in [-0.2, 0) is 0 Å². The van der Waals surface area contributed by atoms with Crippen molar-refractivity contribution in [3.63, 3.8) is 0 Å². The van der Waals surface area contributed by atoms with Crippen LogP contribution in [0.25, 0.3) is 0 Å². The van der Waals surface area contributed by atoms with Gasteiger partial charge >= 0.3 is 0 Å². The lowest BCUT2D eigenvalue weighted by Gasteiger charge is -2.27. The molecule has 0 bridgehead atoms. The first kappa shape index (κ1) is 14.0. The lowest BCUT2D eigenvalue weighted by molar-refractivity contribution is 0.325. The van der Waals surface area contributed by atoms with Gasteiger partial charge in [-0.2, -0.15) is 11.8 Å². The van der Waals surface area contributed by atoms with Crippen molar-refractivity contribution in [1.82, 2.24) is 4.90 Å². The zero-order valence-electron chi connectivity index (χ0n) is 10.7. The zero-order valence-corrected chi connectivity index (χ0v) is 11.5. The molecule has 0 spiro atoms. The highest BCUT2D eigenvalue weighted by atomic mass is 32.2. The van der Waals surface area contributed by atoms with Crippen LogP contribution in [0.1, 0.15) is 0 Å². The topological polar surface area (TPSA) is 50.9 Å². The van der Waals surface area contributed by atoms with Crippen LogP contribution in [-0.4, -0.2) is 48.6 Å². The number of hydrogen-bond donors (Lipinski definition) is 1. The SMILES string of the molecule is NC(=NCCOc1cccc(F)c1)N1CCSCC1. The highest BCUT2D eigenvalue weighted by Gasteiger charge is 2.11. The third-order valence-electron chi connectivity index (χ3n) is 2.76. The highest BCUT2D eigenvalue weighted by molar-refractivity contribution is 7.99. The fourth-order valence-corrected chi connectivity index (χ4v) is 2.68. The van der Waals surface area contributed by atoms with Gasteiger partial charge in [-0.05, 0) is 12.1 Å². The number of guanidine groups is 1. The molecule has 2 rings (SSSR count). The predicted octanol–water partition coefficient (Wildman–Crippen LogP) is 1.57. The Morgan fingerprint density at radius 1 is 1.42 bits per heavy atom. The van der Waals surface area contributed by atoms with Gasteiger partial charge in [-0.25, -0.2) is 9.38 Å². The lowest BCUT2D eigenvalue weighted by Crippen LogP contribution is -2.42. The minimum Gasteiger partial charge on any atom is -0.492 e. The number of hydrogen-bond acceptors (Lipinski definition) is 3. The Bertz CT molecular complexity index is 436. The van der Waals surface area contributed by atoms with E-state index in [1.54, 1.807) is 12.1 Å². The number of thioether (sulfide) groups is 1. The normalized spacial score (nSPS) is 16.5. The van der Waals surface area contributed by atoms with Crippen molar-refractivity contribution in [2.24, 2.45) is 10.7 Å². The maximum Gasteiger partial charge on any atom is 0.191 e. The smallest absolute Gasteiger partial charge is 0.191 e. The van der Waals surface area contributed by atoms with Gasteiger partial charge in [0.15, 0.2) is 5.96 Å². The van der Waals surface area contributed by atoms with Gasteiger partial charge < -0.3 is 15.4 Å². The number of nitrogens with two attached hydrogens (primary N) is 1. The maximum atomic E-state index is 12.9. The summed E-state index contributed by atoms with van der Waals surface area (Å²) in [6, 6.07) is 6.08. The molecule has 0 aliphatic carbocycles. The molecular weight excluding hydrogens is 265 g/mol. The largest absolute Gasteiger partial charge is 0.492 e. The third kappa shape index (κ3) is 4.63. The molecule has 1 aromatic carbocycles. The molecule has 1 heterocycles. The predicted molar refractivity (Wildman–Crippen MR) is 77.3 cm³/mol. The van der Waals surface area contributed by atoms with E-state index in [0.29, 0.717) is 24.9 Å². The molecule has 1 fully saturated rings. The summed E-state index contributed by atoms with van der Waals surface area (Å²) < 4.78 is 18.3. The quantitative estimate of drug-likeness (QED) is 0.518. The van der Waals surface area contributed by atoms with Crippen molar-refractivity contribution in [1.29, 1.82) is 0 Å². The number of benzene rings is 1. The van der Waals surface area contributed by atoms with Crippen LogP contribution in [0.2, 0.25) is 0 Å². The van der Waals surface area contributed by atoms with Gasteiger partial charge in [0.25, 0.3) is 0 Å².